The summed E-state index contributed by atoms with van der Waals surface area (Å²) in [6.07, 6.45) is 2.98. The fourth-order valence-corrected chi connectivity index (χ4v) is 3.96. The first-order valence-corrected chi connectivity index (χ1v) is 10.6. The molecular formula is C24H30ClN3O2. The predicted molar refractivity (Wildman–Crippen MR) is 123 cm³/mol. The van der Waals surface area contributed by atoms with Crippen LogP contribution in [0, 0.1) is 5.41 Å². The Hall–Kier alpha value is -2.53. The molecule has 1 N–H and O–H groups in total. The first-order valence-electron chi connectivity index (χ1n) is 10.2. The molecule has 0 radical (unpaired) electrons. The van der Waals surface area contributed by atoms with Gasteiger partial charge in [-0.1, -0.05) is 39.0 Å². The zero-order valence-corrected chi connectivity index (χ0v) is 19.2. The number of aromatic nitrogens is 2. The lowest BCUT2D eigenvalue weighted by Gasteiger charge is -2.34. The molecule has 6 heteroatoms. The van der Waals surface area contributed by atoms with Crippen LogP contribution >= 0.6 is 11.6 Å². The topological polar surface area (TPSA) is 55.6 Å². The van der Waals surface area contributed by atoms with Crippen LogP contribution in [0.4, 0.5) is 5.82 Å². The highest BCUT2D eigenvalue weighted by atomic mass is 35.5. The zero-order valence-electron chi connectivity index (χ0n) is 18.5. The van der Waals surface area contributed by atoms with Crippen LogP contribution in [0.5, 0.6) is 5.75 Å². The van der Waals surface area contributed by atoms with Gasteiger partial charge in [-0.25, -0.2) is 4.98 Å². The van der Waals surface area contributed by atoms with Gasteiger partial charge in [0.05, 0.1) is 0 Å². The molecule has 0 amide bonds. The number of rotatable bonds is 6. The van der Waals surface area contributed by atoms with Crippen LogP contribution in [0.1, 0.15) is 48.0 Å². The van der Waals surface area contributed by atoms with Gasteiger partial charge in [0, 0.05) is 17.3 Å². The average Bonchev–Trinajstić information content (AvgIpc) is 2.98. The zero-order chi connectivity index (χ0) is 22.1. The second-order valence-electron chi connectivity index (χ2n) is 9.55. The molecule has 0 spiro atoms. The summed E-state index contributed by atoms with van der Waals surface area (Å²) in [6.45, 7) is 12.7. The third kappa shape index (κ3) is 5.33. The van der Waals surface area contributed by atoms with Crippen molar-refractivity contribution in [1.82, 2.24) is 9.38 Å². The van der Waals surface area contributed by atoms with Gasteiger partial charge >= 0.3 is 5.97 Å². The molecule has 1 aromatic carbocycles. The second kappa shape index (κ2) is 8.31. The lowest BCUT2D eigenvalue weighted by Crippen LogP contribution is -2.36. The first kappa shape index (κ1) is 22.2. The molecule has 3 rings (SSSR count). The number of nitrogens with zero attached hydrogens (tertiary/aromatic N) is 2. The number of nitrogens with one attached hydrogen (secondary N) is 1. The summed E-state index contributed by atoms with van der Waals surface area (Å²) in [5.41, 5.74) is 2.53. The molecule has 0 aliphatic rings. The van der Waals surface area contributed by atoms with Crippen molar-refractivity contribution < 1.29 is 9.53 Å². The number of carbonyl (C=O) groups excluding carboxylic acids is 1. The van der Waals surface area contributed by atoms with Crippen LogP contribution in [0.15, 0.2) is 48.7 Å². The number of anilines is 1. The van der Waals surface area contributed by atoms with Crippen LogP contribution in [0.3, 0.4) is 0 Å². The summed E-state index contributed by atoms with van der Waals surface area (Å²) >= 11 is 5.84. The maximum atomic E-state index is 11.9. The Morgan fingerprint density at radius 2 is 1.90 bits per heavy atom. The smallest absolute Gasteiger partial charge is 0.329 e. The van der Waals surface area contributed by atoms with Crippen molar-refractivity contribution in [2.24, 2.45) is 5.41 Å². The number of esters is 1. The Morgan fingerprint density at radius 3 is 2.57 bits per heavy atom. The molecule has 30 heavy (non-hydrogen) atoms. The quantitative estimate of drug-likeness (QED) is 0.290. The minimum absolute atomic E-state index is 0.156. The minimum Gasteiger partial charge on any atom is -0.425 e. The summed E-state index contributed by atoms with van der Waals surface area (Å²) in [5, 5.41) is 3.01. The van der Waals surface area contributed by atoms with Gasteiger partial charge in [-0.2, -0.15) is 0 Å². The van der Waals surface area contributed by atoms with E-state index in [-0.39, 0.29) is 11.0 Å². The monoisotopic (exact) mass is 427 g/mol. The molecule has 3 aromatic rings. The van der Waals surface area contributed by atoms with Crippen molar-refractivity contribution in [3.8, 4) is 17.0 Å². The van der Waals surface area contributed by atoms with E-state index in [2.05, 4.69) is 44.3 Å². The molecule has 0 bridgehead atoms. The van der Waals surface area contributed by atoms with Gasteiger partial charge in [-0.15, -0.1) is 11.6 Å². The van der Waals surface area contributed by atoms with Crippen LogP contribution in [-0.4, -0.2) is 26.3 Å². The van der Waals surface area contributed by atoms with Gasteiger partial charge in [-0.05, 0) is 56.9 Å². The van der Waals surface area contributed by atoms with Crippen molar-refractivity contribution >= 4 is 29.0 Å². The molecule has 1 atom stereocenters. The lowest BCUT2D eigenvalue weighted by atomic mass is 9.82. The largest absolute Gasteiger partial charge is 0.425 e. The first-order chi connectivity index (χ1) is 14.0. The Kier molecular flexibility index (Phi) is 6.14. The fraction of sp³-hybridized carbons (Fsp3) is 0.417. The molecule has 2 aromatic heterocycles. The standard InChI is InChI=1S/C24H30ClN3O2/c1-16(25)22(29)30-18-11-9-10-17(14-18)20-21(27-24(5,6)15-23(2,3)4)28-13-8-7-12-19(28)26-20/h7-14,16,27H,15H2,1-6H3/t16-/m1/s1. The molecule has 0 aliphatic heterocycles. The van der Waals surface area contributed by atoms with E-state index in [1.54, 1.807) is 13.0 Å². The van der Waals surface area contributed by atoms with E-state index >= 15 is 0 Å². The van der Waals surface area contributed by atoms with Gasteiger partial charge in [0.1, 0.15) is 28.3 Å². The highest BCUT2D eigenvalue weighted by molar-refractivity contribution is 6.29. The SMILES string of the molecule is C[C@@H](Cl)C(=O)Oc1cccc(-c2nc3ccccn3c2NC(C)(C)CC(C)(C)C)c1. The maximum Gasteiger partial charge on any atom is 0.329 e. The molecule has 5 nitrogen and oxygen atoms in total. The van der Waals surface area contributed by atoms with Crippen LogP contribution in [0.25, 0.3) is 16.9 Å². The third-order valence-corrected chi connectivity index (χ3v) is 4.79. The van der Waals surface area contributed by atoms with Gasteiger partial charge in [-0.3, -0.25) is 9.20 Å². The average molecular weight is 428 g/mol. The molecule has 2 heterocycles. The van der Waals surface area contributed by atoms with Gasteiger partial charge in [0.2, 0.25) is 0 Å². The van der Waals surface area contributed by atoms with Crippen LogP contribution in [0.2, 0.25) is 0 Å². The molecule has 0 aliphatic carbocycles. The lowest BCUT2D eigenvalue weighted by molar-refractivity contribution is -0.133. The van der Waals surface area contributed by atoms with E-state index in [0.717, 1.165) is 29.1 Å². The van der Waals surface area contributed by atoms with Gasteiger partial charge in [0.15, 0.2) is 0 Å². The number of hydrogen-bond acceptors (Lipinski definition) is 4. The van der Waals surface area contributed by atoms with Crippen molar-refractivity contribution in [3.63, 3.8) is 0 Å². The summed E-state index contributed by atoms with van der Waals surface area (Å²) < 4.78 is 7.45. The van der Waals surface area contributed by atoms with E-state index in [9.17, 15) is 4.79 Å². The number of carbonyl (C=O) groups is 1. The Bertz CT molecular complexity index is 1050. The molecule has 0 fully saturated rings. The highest BCUT2D eigenvalue weighted by Gasteiger charge is 2.28. The van der Waals surface area contributed by atoms with Crippen LogP contribution in [-0.2, 0) is 4.79 Å². The minimum atomic E-state index is -0.709. The van der Waals surface area contributed by atoms with Crippen molar-refractivity contribution in [2.45, 2.75) is 58.9 Å². The van der Waals surface area contributed by atoms with Crippen LogP contribution < -0.4 is 10.1 Å². The van der Waals surface area contributed by atoms with Crippen molar-refractivity contribution in [2.75, 3.05) is 5.32 Å². The van der Waals surface area contributed by atoms with E-state index in [0.29, 0.717) is 5.75 Å². The number of ether oxygens (including phenoxy) is 1. The Morgan fingerprint density at radius 1 is 1.17 bits per heavy atom. The number of imidazole rings is 1. The fourth-order valence-electron chi connectivity index (χ4n) is 3.91. The maximum absolute atomic E-state index is 11.9. The number of alkyl halides is 1. The van der Waals surface area contributed by atoms with Gasteiger partial charge in [0.25, 0.3) is 0 Å². The number of hydrogen-bond donors (Lipinski definition) is 1. The highest BCUT2D eigenvalue weighted by Crippen LogP contribution is 2.35. The molecule has 0 saturated carbocycles. The Labute approximate surface area is 183 Å². The Balaban J connectivity index is 2.05. The van der Waals surface area contributed by atoms with E-state index in [1.165, 1.54) is 0 Å². The summed E-state index contributed by atoms with van der Waals surface area (Å²) in [5.74, 6) is 0.879. The number of pyridine rings is 1. The predicted octanol–water partition coefficient (Wildman–Crippen LogP) is 6.16. The molecule has 0 unspecified atom stereocenters. The summed E-state index contributed by atoms with van der Waals surface area (Å²) in [6, 6.07) is 13.3. The van der Waals surface area contributed by atoms with E-state index in [4.69, 9.17) is 21.3 Å². The molecule has 160 valence electrons. The third-order valence-electron chi connectivity index (χ3n) is 4.61. The summed E-state index contributed by atoms with van der Waals surface area (Å²) in [7, 11) is 0. The number of fused-ring (bicyclic) bond motifs is 1. The van der Waals surface area contributed by atoms with Crippen molar-refractivity contribution in [1.29, 1.82) is 0 Å². The molecular weight excluding hydrogens is 398 g/mol. The number of benzene rings is 1. The normalized spacial score (nSPS) is 13.3. The van der Waals surface area contributed by atoms with E-state index < -0.39 is 11.3 Å². The van der Waals surface area contributed by atoms with E-state index in [1.807, 2.05) is 42.6 Å². The number of halogens is 1. The van der Waals surface area contributed by atoms with Gasteiger partial charge < -0.3 is 10.1 Å². The summed E-state index contributed by atoms with van der Waals surface area (Å²) in [4.78, 5) is 16.8. The second-order valence-corrected chi connectivity index (χ2v) is 10.2. The van der Waals surface area contributed by atoms with Crippen molar-refractivity contribution in [3.05, 3.63) is 48.7 Å². The molecule has 0 saturated heterocycles.